The summed E-state index contributed by atoms with van der Waals surface area (Å²) >= 11 is 1.69. The number of thiazole rings is 1. The van der Waals surface area contributed by atoms with Gasteiger partial charge in [0, 0.05) is 4.88 Å². The summed E-state index contributed by atoms with van der Waals surface area (Å²) in [5.41, 5.74) is 7.16. The molecule has 0 aliphatic heterocycles. The van der Waals surface area contributed by atoms with Crippen LogP contribution in [0, 0.1) is 13.8 Å². The molecule has 5 nitrogen and oxygen atoms in total. The zero-order chi connectivity index (χ0) is 12.4. The van der Waals surface area contributed by atoms with Gasteiger partial charge in [0.05, 0.1) is 34.8 Å². The Hall–Kier alpha value is -1.69. The van der Waals surface area contributed by atoms with Crippen molar-refractivity contribution in [3.05, 3.63) is 28.0 Å². The molecule has 3 N–H and O–H groups in total. The summed E-state index contributed by atoms with van der Waals surface area (Å²) in [6, 6.07) is 0.143. The average molecular weight is 249 g/mol. The average Bonchev–Trinajstić information content (AvgIpc) is 2.61. The lowest BCUT2D eigenvalue weighted by molar-refractivity contribution is 0.866. The van der Waals surface area contributed by atoms with Gasteiger partial charge in [-0.05, 0) is 20.8 Å². The number of anilines is 2. The minimum absolute atomic E-state index is 0.143. The van der Waals surface area contributed by atoms with E-state index in [1.54, 1.807) is 23.7 Å². The fraction of sp³-hybridized carbons (Fsp3) is 0.364. The van der Waals surface area contributed by atoms with Crippen molar-refractivity contribution in [2.24, 2.45) is 0 Å². The first-order valence-corrected chi connectivity index (χ1v) is 6.16. The molecular formula is C11H15N5S. The second-order valence-electron chi connectivity index (χ2n) is 3.89. The van der Waals surface area contributed by atoms with Gasteiger partial charge in [0.25, 0.3) is 0 Å². The maximum Gasteiger partial charge on any atom is 0.223 e. The van der Waals surface area contributed by atoms with Gasteiger partial charge in [0.2, 0.25) is 5.95 Å². The predicted molar refractivity (Wildman–Crippen MR) is 70.1 cm³/mol. The van der Waals surface area contributed by atoms with Crippen LogP contribution in [0.5, 0.6) is 0 Å². The van der Waals surface area contributed by atoms with E-state index in [4.69, 9.17) is 5.73 Å². The number of nitrogens with two attached hydrogens (primary N) is 1. The molecule has 1 atom stereocenters. The van der Waals surface area contributed by atoms with Crippen molar-refractivity contribution in [3.63, 3.8) is 0 Å². The summed E-state index contributed by atoms with van der Waals surface area (Å²) in [5.74, 6) is 0.581. The number of nitrogens with zero attached hydrogens (tertiary/aromatic N) is 3. The maximum atomic E-state index is 5.54. The zero-order valence-electron chi connectivity index (χ0n) is 10.1. The van der Waals surface area contributed by atoms with E-state index in [2.05, 4.69) is 27.2 Å². The highest BCUT2D eigenvalue weighted by molar-refractivity contribution is 7.11. The number of nitrogen functional groups attached to an aromatic ring is 1. The zero-order valence-corrected chi connectivity index (χ0v) is 10.9. The number of aromatic nitrogens is 3. The van der Waals surface area contributed by atoms with Gasteiger partial charge in [-0.1, -0.05) is 0 Å². The summed E-state index contributed by atoms with van der Waals surface area (Å²) in [4.78, 5) is 13.9. The molecule has 2 rings (SSSR count). The Morgan fingerprint density at radius 3 is 2.47 bits per heavy atom. The Labute approximate surface area is 104 Å². The fourth-order valence-corrected chi connectivity index (χ4v) is 2.55. The second-order valence-corrected chi connectivity index (χ2v) is 5.12. The van der Waals surface area contributed by atoms with E-state index in [-0.39, 0.29) is 6.04 Å². The van der Waals surface area contributed by atoms with Crippen LogP contribution in [-0.4, -0.2) is 15.0 Å². The summed E-state index contributed by atoms with van der Waals surface area (Å²) in [6.07, 6.45) is 3.18. The molecule has 0 saturated heterocycles. The van der Waals surface area contributed by atoms with Gasteiger partial charge >= 0.3 is 0 Å². The van der Waals surface area contributed by atoms with Gasteiger partial charge < -0.3 is 11.1 Å². The monoisotopic (exact) mass is 249 g/mol. The largest absolute Gasteiger partial charge is 0.396 e. The highest BCUT2D eigenvalue weighted by Crippen LogP contribution is 2.26. The molecule has 6 heteroatoms. The maximum absolute atomic E-state index is 5.54. The Morgan fingerprint density at radius 2 is 1.94 bits per heavy atom. The highest BCUT2D eigenvalue weighted by atomic mass is 32.1. The third-order valence-electron chi connectivity index (χ3n) is 2.35. The van der Waals surface area contributed by atoms with Crippen molar-refractivity contribution in [2.75, 3.05) is 11.1 Å². The molecule has 2 aromatic heterocycles. The van der Waals surface area contributed by atoms with Gasteiger partial charge in [-0.15, -0.1) is 11.3 Å². The molecular weight excluding hydrogens is 234 g/mol. The SMILES string of the molecule is Cc1nc(C)c(C(C)Nc2ncc(N)cn2)s1. The van der Waals surface area contributed by atoms with Crippen LogP contribution in [0.4, 0.5) is 11.6 Å². The number of hydrogen-bond donors (Lipinski definition) is 2. The smallest absolute Gasteiger partial charge is 0.223 e. The Balaban J connectivity index is 2.14. The fourth-order valence-electron chi connectivity index (χ4n) is 1.62. The number of nitrogens with one attached hydrogen (secondary N) is 1. The van der Waals surface area contributed by atoms with E-state index in [9.17, 15) is 0 Å². The van der Waals surface area contributed by atoms with E-state index in [0.29, 0.717) is 11.6 Å². The van der Waals surface area contributed by atoms with Crippen LogP contribution >= 0.6 is 11.3 Å². The van der Waals surface area contributed by atoms with Crippen LogP contribution < -0.4 is 11.1 Å². The topological polar surface area (TPSA) is 76.7 Å². The Bertz CT molecular complexity index is 505. The van der Waals surface area contributed by atoms with Gasteiger partial charge in [-0.3, -0.25) is 0 Å². The first-order valence-electron chi connectivity index (χ1n) is 5.34. The first kappa shape index (κ1) is 11.8. The van der Waals surface area contributed by atoms with Crippen LogP contribution in [0.2, 0.25) is 0 Å². The Morgan fingerprint density at radius 1 is 1.29 bits per heavy atom. The van der Waals surface area contributed by atoms with Crippen LogP contribution in [0.1, 0.15) is 28.5 Å². The standard InChI is InChI=1S/C11H15N5S/c1-6-10(17-8(3)15-6)7(2)16-11-13-4-9(12)5-14-11/h4-5,7H,12H2,1-3H3,(H,13,14,16). The third kappa shape index (κ3) is 2.71. The molecule has 0 fully saturated rings. The van der Waals surface area contributed by atoms with Gasteiger partial charge in [0.15, 0.2) is 0 Å². The van der Waals surface area contributed by atoms with Crippen molar-refractivity contribution >= 4 is 23.0 Å². The summed E-state index contributed by atoms with van der Waals surface area (Å²) in [7, 11) is 0. The van der Waals surface area contributed by atoms with E-state index >= 15 is 0 Å². The van der Waals surface area contributed by atoms with Crippen molar-refractivity contribution in [1.29, 1.82) is 0 Å². The first-order chi connectivity index (χ1) is 8.06. The van der Waals surface area contributed by atoms with Crippen molar-refractivity contribution < 1.29 is 0 Å². The van der Waals surface area contributed by atoms with E-state index in [0.717, 1.165) is 10.7 Å². The summed E-state index contributed by atoms with van der Waals surface area (Å²) in [5, 5.41) is 4.31. The molecule has 0 bridgehead atoms. The Kier molecular flexibility index (Phi) is 3.23. The molecule has 90 valence electrons. The van der Waals surface area contributed by atoms with Crippen LogP contribution in [0.3, 0.4) is 0 Å². The van der Waals surface area contributed by atoms with Crippen LogP contribution in [-0.2, 0) is 0 Å². The normalized spacial score (nSPS) is 12.4. The lowest BCUT2D eigenvalue weighted by Gasteiger charge is -2.12. The number of rotatable bonds is 3. The molecule has 17 heavy (non-hydrogen) atoms. The van der Waals surface area contributed by atoms with Crippen LogP contribution in [0.25, 0.3) is 0 Å². The molecule has 0 aromatic carbocycles. The summed E-state index contributed by atoms with van der Waals surface area (Å²) < 4.78 is 0. The van der Waals surface area contributed by atoms with E-state index in [1.807, 2.05) is 13.8 Å². The van der Waals surface area contributed by atoms with Gasteiger partial charge in [-0.25, -0.2) is 15.0 Å². The lowest BCUT2D eigenvalue weighted by atomic mass is 10.2. The highest BCUT2D eigenvalue weighted by Gasteiger charge is 2.13. The third-order valence-corrected chi connectivity index (χ3v) is 3.61. The van der Waals surface area contributed by atoms with Gasteiger partial charge in [-0.2, -0.15) is 0 Å². The van der Waals surface area contributed by atoms with E-state index in [1.165, 1.54) is 4.88 Å². The van der Waals surface area contributed by atoms with Crippen molar-refractivity contribution in [2.45, 2.75) is 26.8 Å². The predicted octanol–water partition coefficient (Wildman–Crippen LogP) is 2.31. The van der Waals surface area contributed by atoms with Crippen molar-refractivity contribution in [1.82, 2.24) is 15.0 Å². The number of aryl methyl sites for hydroxylation is 2. The molecule has 1 unspecified atom stereocenters. The quantitative estimate of drug-likeness (QED) is 0.872. The molecule has 0 spiro atoms. The van der Waals surface area contributed by atoms with Gasteiger partial charge in [0.1, 0.15) is 0 Å². The minimum atomic E-state index is 0.143. The summed E-state index contributed by atoms with van der Waals surface area (Å²) in [6.45, 7) is 6.09. The molecule has 0 aliphatic carbocycles. The van der Waals surface area contributed by atoms with Crippen LogP contribution in [0.15, 0.2) is 12.4 Å². The molecule has 0 amide bonds. The molecule has 2 aromatic rings. The lowest BCUT2D eigenvalue weighted by Crippen LogP contribution is -2.09. The molecule has 0 radical (unpaired) electrons. The minimum Gasteiger partial charge on any atom is -0.396 e. The molecule has 0 aliphatic rings. The van der Waals surface area contributed by atoms with E-state index < -0.39 is 0 Å². The molecule has 0 saturated carbocycles. The number of hydrogen-bond acceptors (Lipinski definition) is 6. The molecule has 2 heterocycles. The van der Waals surface area contributed by atoms with Crippen molar-refractivity contribution in [3.8, 4) is 0 Å². The second kappa shape index (κ2) is 4.67.